The first-order valence-corrected chi connectivity index (χ1v) is 7.60. The first kappa shape index (κ1) is 15.6. The molecule has 2 N–H and O–H groups in total. The van der Waals surface area contributed by atoms with E-state index < -0.39 is 0 Å². The second-order valence-corrected chi connectivity index (χ2v) is 4.94. The Balaban J connectivity index is 2.58. The number of hydrogen-bond acceptors (Lipinski definition) is 3. The van der Waals surface area contributed by atoms with E-state index in [1.165, 1.54) is 0 Å². The zero-order valence-electron chi connectivity index (χ0n) is 11.1. The molecular formula is C15H19NO2S. The largest absolute Gasteiger partial charge is 0.395 e. The van der Waals surface area contributed by atoms with Crippen molar-refractivity contribution in [2.45, 2.75) is 19.4 Å². The number of aliphatic hydroxyl groups excluding tert-OH is 1. The lowest BCUT2D eigenvalue weighted by molar-refractivity contribution is -0.120. The van der Waals surface area contributed by atoms with E-state index in [1.807, 2.05) is 30.5 Å². The summed E-state index contributed by atoms with van der Waals surface area (Å²) in [7, 11) is 0. The van der Waals surface area contributed by atoms with Crippen LogP contribution in [0.15, 0.2) is 24.3 Å². The standard InChI is InChI=1S/C15H19NO2S/c1-19-11-9-15(18)16-12-14-8-3-2-6-13(14)7-4-5-10-17/h2-3,6,8,17H,5,9-12H2,1H3,(H,16,18). The van der Waals surface area contributed by atoms with E-state index in [1.54, 1.807) is 11.8 Å². The molecule has 0 heterocycles. The van der Waals surface area contributed by atoms with Crippen LogP contribution in [0.3, 0.4) is 0 Å². The lowest BCUT2D eigenvalue weighted by atomic mass is 10.1. The summed E-state index contributed by atoms with van der Waals surface area (Å²) in [5, 5.41) is 11.6. The van der Waals surface area contributed by atoms with Crippen LogP contribution in [0.4, 0.5) is 0 Å². The Bertz CT molecular complexity index is 463. The van der Waals surface area contributed by atoms with E-state index in [4.69, 9.17) is 5.11 Å². The number of carbonyl (C=O) groups is 1. The number of nitrogens with one attached hydrogen (secondary N) is 1. The minimum absolute atomic E-state index is 0.0625. The van der Waals surface area contributed by atoms with Gasteiger partial charge in [-0.25, -0.2) is 0 Å². The van der Waals surface area contributed by atoms with E-state index >= 15 is 0 Å². The molecule has 1 aromatic rings. The summed E-state index contributed by atoms with van der Waals surface area (Å²) in [6, 6.07) is 7.73. The lowest BCUT2D eigenvalue weighted by Crippen LogP contribution is -2.23. The Kier molecular flexibility index (Phi) is 7.80. The fourth-order valence-electron chi connectivity index (χ4n) is 1.49. The zero-order chi connectivity index (χ0) is 13.9. The molecule has 1 amide bonds. The van der Waals surface area contributed by atoms with Gasteiger partial charge in [-0.3, -0.25) is 4.79 Å². The van der Waals surface area contributed by atoms with Crippen molar-refractivity contribution >= 4 is 17.7 Å². The Labute approximate surface area is 118 Å². The molecule has 1 rings (SSSR count). The molecule has 0 saturated heterocycles. The number of benzene rings is 1. The number of carbonyl (C=O) groups excluding carboxylic acids is 1. The fourth-order valence-corrected chi connectivity index (χ4v) is 1.88. The Hall–Kier alpha value is -1.44. The van der Waals surface area contributed by atoms with Crippen LogP contribution in [0.5, 0.6) is 0 Å². The number of hydrogen-bond donors (Lipinski definition) is 2. The average molecular weight is 277 g/mol. The van der Waals surface area contributed by atoms with Crippen molar-refractivity contribution in [2.75, 3.05) is 18.6 Å². The van der Waals surface area contributed by atoms with Crippen LogP contribution < -0.4 is 5.32 Å². The molecule has 1 aromatic carbocycles. The van der Waals surface area contributed by atoms with Gasteiger partial charge in [0.15, 0.2) is 0 Å². The maximum absolute atomic E-state index is 11.6. The summed E-state index contributed by atoms with van der Waals surface area (Å²) in [6.45, 7) is 0.567. The topological polar surface area (TPSA) is 49.3 Å². The molecule has 102 valence electrons. The predicted octanol–water partition coefficient (Wildman–Crippen LogP) is 1.79. The van der Waals surface area contributed by atoms with Crippen molar-refractivity contribution in [1.82, 2.24) is 5.32 Å². The molecule has 0 aromatic heterocycles. The quantitative estimate of drug-likeness (QED) is 0.779. The summed E-state index contributed by atoms with van der Waals surface area (Å²) in [5.41, 5.74) is 1.91. The molecule has 3 nitrogen and oxygen atoms in total. The maximum atomic E-state index is 11.6. The van der Waals surface area contributed by atoms with Crippen LogP contribution >= 0.6 is 11.8 Å². The smallest absolute Gasteiger partial charge is 0.221 e. The van der Waals surface area contributed by atoms with Crippen LogP contribution in [0, 0.1) is 11.8 Å². The minimum atomic E-state index is 0.0625. The van der Waals surface area contributed by atoms with E-state index in [0.29, 0.717) is 19.4 Å². The molecule has 0 spiro atoms. The highest BCUT2D eigenvalue weighted by Crippen LogP contribution is 2.07. The summed E-state index contributed by atoms with van der Waals surface area (Å²) in [4.78, 5) is 11.6. The van der Waals surface area contributed by atoms with Crippen molar-refractivity contribution in [3.05, 3.63) is 35.4 Å². The zero-order valence-corrected chi connectivity index (χ0v) is 11.9. The highest BCUT2D eigenvalue weighted by Gasteiger charge is 2.03. The molecular weight excluding hydrogens is 258 g/mol. The van der Waals surface area contributed by atoms with Crippen LogP contribution in [0.1, 0.15) is 24.0 Å². The molecule has 0 aliphatic rings. The third-order valence-electron chi connectivity index (χ3n) is 2.49. The van der Waals surface area contributed by atoms with Gasteiger partial charge in [0.25, 0.3) is 0 Å². The van der Waals surface area contributed by atoms with E-state index in [9.17, 15) is 4.79 Å². The van der Waals surface area contributed by atoms with Crippen molar-refractivity contribution in [1.29, 1.82) is 0 Å². The molecule has 4 heteroatoms. The number of rotatable bonds is 6. The predicted molar refractivity (Wildman–Crippen MR) is 79.9 cm³/mol. The van der Waals surface area contributed by atoms with Gasteiger partial charge in [0.2, 0.25) is 5.91 Å². The molecule has 0 atom stereocenters. The highest BCUT2D eigenvalue weighted by molar-refractivity contribution is 7.98. The molecule has 0 unspecified atom stereocenters. The van der Waals surface area contributed by atoms with Crippen molar-refractivity contribution < 1.29 is 9.90 Å². The Morgan fingerprint density at radius 1 is 1.42 bits per heavy atom. The summed E-state index contributed by atoms with van der Waals surface area (Å²) >= 11 is 1.66. The van der Waals surface area contributed by atoms with Gasteiger partial charge in [0.05, 0.1) is 6.61 Å². The normalized spacial score (nSPS) is 9.58. The van der Waals surface area contributed by atoms with Crippen molar-refractivity contribution in [3.63, 3.8) is 0 Å². The summed E-state index contributed by atoms with van der Waals surface area (Å²) in [5.74, 6) is 6.81. The van der Waals surface area contributed by atoms with Gasteiger partial charge in [-0.15, -0.1) is 0 Å². The van der Waals surface area contributed by atoms with Gasteiger partial charge in [0.1, 0.15) is 0 Å². The van der Waals surface area contributed by atoms with Gasteiger partial charge in [-0.2, -0.15) is 11.8 Å². The number of aliphatic hydroxyl groups is 1. The molecule has 19 heavy (non-hydrogen) atoms. The van der Waals surface area contributed by atoms with Gasteiger partial charge < -0.3 is 10.4 Å². The maximum Gasteiger partial charge on any atom is 0.221 e. The van der Waals surface area contributed by atoms with E-state index in [2.05, 4.69) is 17.2 Å². The first-order valence-electron chi connectivity index (χ1n) is 6.21. The fraction of sp³-hybridized carbons (Fsp3) is 0.400. The van der Waals surface area contributed by atoms with Gasteiger partial charge in [0, 0.05) is 30.7 Å². The minimum Gasteiger partial charge on any atom is -0.395 e. The second kappa shape index (κ2) is 9.48. The third-order valence-corrected chi connectivity index (χ3v) is 3.10. The van der Waals surface area contributed by atoms with Crippen LogP contribution in [0.2, 0.25) is 0 Å². The van der Waals surface area contributed by atoms with Gasteiger partial charge >= 0.3 is 0 Å². The van der Waals surface area contributed by atoms with Crippen LogP contribution in [-0.4, -0.2) is 29.6 Å². The Morgan fingerprint density at radius 2 is 2.21 bits per heavy atom. The van der Waals surface area contributed by atoms with Gasteiger partial charge in [-0.05, 0) is 17.9 Å². The molecule has 0 aliphatic heterocycles. The van der Waals surface area contributed by atoms with Crippen LogP contribution in [-0.2, 0) is 11.3 Å². The SMILES string of the molecule is CSCCC(=O)NCc1ccccc1C#CCCO. The molecule has 0 radical (unpaired) electrons. The van der Waals surface area contributed by atoms with Crippen molar-refractivity contribution in [3.8, 4) is 11.8 Å². The molecule has 0 bridgehead atoms. The first-order chi connectivity index (χ1) is 9.27. The molecule has 0 aliphatic carbocycles. The summed E-state index contributed by atoms with van der Waals surface area (Å²) < 4.78 is 0. The van der Waals surface area contributed by atoms with Gasteiger partial charge in [-0.1, -0.05) is 30.0 Å². The number of amides is 1. The lowest BCUT2D eigenvalue weighted by Gasteiger charge is -2.06. The molecule has 0 saturated carbocycles. The Morgan fingerprint density at radius 3 is 2.95 bits per heavy atom. The summed E-state index contributed by atoms with van der Waals surface area (Å²) in [6.07, 6.45) is 2.99. The van der Waals surface area contributed by atoms with Crippen LogP contribution in [0.25, 0.3) is 0 Å². The average Bonchev–Trinajstić information content (AvgIpc) is 2.44. The van der Waals surface area contributed by atoms with E-state index in [0.717, 1.165) is 16.9 Å². The molecule has 0 fully saturated rings. The van der Waals surface area contributed by atoms with Crippen molar-refractivity contribution in [2.24, 2.45) is 0 Å². The van der Waals surface area contributed by atoms with E-state index in [-0.39, 0.29) is 12.5 Å². The second-order valence-electron chi connectivity index (χ2n) is 3.95. The third kappa shape index (κ3) is 6.32. The monoisotopic (exact) mass is 277 g/mol. The number of thioether (sulfide) groups is 1. The highest BCUT2D eigenvalue weighted by atomic mass is 32.2.